The number of rotatable bonds is 3. The topological polar surface area (TPSA) is 33.3 Å². The van der Waals surface area contributed by atoms with E-state index in [0.717, 1.165) is 44.6 Å². The molecule has 0 amide bonds. The summed E-state index contributed by atoms with van der Waals surface area (Å²) in [6.07, 6.45) is 0. The van der Waals surface area contributed by atoms with Crippen LogP contribution in [0.5, 0.6) is 11.5 Å². The number of hydrogen-bond donors (Lipinski definition) is 2. The van der Waals surface area contributed by atoms with Crippen molar-refractivity contribution in [3.63, 3.8) is 0 Å². The van der Waals surface area contributed by atoms with Crippen molar-refractivity contribution >= 4 is 23.0 Å². The van der Waals surface area contributed by atoms with Crippen molar-refractivity contribution in [2.24, 2.45) is 0 Å². The lowest BCUT2D eigenvalue weighted by Gasteiger charge is -2.30. The average Bonchev–Trinajstić information content (AvgIpc) is 2.65. The Morgan fingerprint density at radius 2 is 1.32 bits per heavy atom. The zero-order chi connectivity index (χ0) is 17.4. The van der Waals surface area contributed by atoms with Gasteiger partial charge in [-0.1, -0.05) is 41.9 Å². The maximum absolute atomic E-state index is 6.54. The van der Waals surface area contributed by atoms with Crippen molar-refractivity contribution in [3.8, 4) is 11.5 Å². The minimum atomic E-state index is 0.0456. The van der Waals surface area contributed by atoms with Crippen LogP contribution in [-0.2, 0) is 0 Å². The standard InChI is InChI=1S/C21H19ClN2O/c1-23-13-7-9-16-19(11-13)25-20-12-14(24-2)8-10-17(20)21(16)15-5-3-4-6-18(15)22/h3-12,21,23-24H,1-2H3. The molecule has 0 unspecified atom stereocenters. The Bertz CT molecular complexity index is 885. The lowest BCUT2D eigenvalue weighted by atomic mass is 9.82. The Morgan fingerprint density at radius 3 is 1.84 bits per heavy atom. The first-order valence-electron chi connectivity index (χ1n) is 8.27. The molecule has 3 aromatic rings. The van der Waals surface area contributed by atoms with E-state index < -0.39 is 0 Å². The van der Waals surface area contributed by atoms with Crippen LogP contribution in [0, 0.1) is 0 Å². The summed E-state index contributed by atoms with van der Waals surface area (Å²) in [5, 5.41) is 7.11. The molecule has 1 aliphatic heterocycles. The Balaban J connectivity index is 1.95. The molecular weight excluding hydrogens is 332 g/mol. The molecule has 3 nitrogen and oxygen atoms in total. The van der Waals surface area contributed by atoms with E-state index >= 15 is 0 Å². The molecule has 0 fully saturated rings. The maximum Gasteiger partial charge on any atom is 0.133 e. The average molecular weight is 351 g/mol. The lowest BCUT2D eigenvalue weighted by molar-refractivity contribution is 0.453. The van der Waals surface area contributed by atoms with Crippen molar-refractivity contribution in [2.75, 3.05) is 24.7 Å². The van der Waals surface area contributed by atoms with Crippen LogP contribution in [0.25, 0.3) is 0 Å². The second-order valence-corrected chi connectivity index (χ2v) is 6.47. The summed E-state index contributed by atoms with van der Waals surface area (Å²) in [5.74, 6) is 1.76. The molecule has 4 heteroatoms. The number of benzene rings is 3. The first-order chi connectivity index (χ1) is 12.2. The van der Waals surface area contributed by atoms with Crippen molar-refractivity contribution in [1.82, 2.24) is 0 Å². The Kier molecular flexibility index (Phi) is 4.02. The van der Waals surface area contributed by atoms with Gasteiger partial charge in [0.25, 0.3) is 0 Å². The van der Waals surface area contributed by atoms with Gasteiger partial charge in [0.05, 0.1) is 0 Å². The summed E-state index contributed by atoms with van der Waals surface area (Å²) >= 11 is 6.54. The summed E-state index contributed by atoms with van der Waals surface area (Å²) in [6.45, 7) is 0. The van der Waals surface area contributed by atoms with Crippen LogP contribution < -0.4 is 15.4 Å². The predicted molar refractivity (Wildman–Crippen MR) is 104 cm³/mol. The number of fused-ring (bicyclic) bond motifs is 2. The SMILES string of the molecule is CNc1ccc2c(c1)Oc1cc(NC)ccc1C2c1ccccc1Cl. The molecule has 1 aliphatic rings. The molecule has 0 saturated heterocycles. The molecule has 0 atom stereocenters. The van der Waals surface area contributed by atoms with E-state index in [2.05, 4.69) is 41.0 Å². The monoisotopic (exact) mass is 350 g/mol. The molecule has 25 heavy (non-hydrogen) atoms. The fourth-order valence-electron chi connectivity index (χ4n) is 3.36. The van der Waals surface area contributed by atoms with Gasteiger partial charge >= 0.3 is 0 Å². The summed E-state index contributed by atoms with van der Waals surface area (Å²) in [6, 6.07) is 20.5. The molecule has 2 N–H and O–H groups in total. The van der Waals surface area contributed by atoms with Gasteiger partial charge in [0.15, 0.2) is 0 Å². The predicted octanol–water partition coefficient (Wildman–Crippen LogP) is 5.71. The molecule has 0 bridgehead atoms. The number of ether oxygens (including phenoxy) is 1. The third-order valence-corrected chi connectivity index (χ3v) is 5.01. The Hall–Kier alpha value is -2.65. The van der Waals surface area contributed by atoms with Gasteiger partial charge < -0.3 is 15.4 Å². The molecule has 126 valence electrons. The van der Waals surface area contributed by atoms with Crippen LogP contribution in [0.3, 0.4) is 0 Å². The van der Waals surface area contributed by atoms with Crippen molar-refractivity contribution in [2.45, 2.75) is 5.92 Å². The highest BCUT2D eigenvalue weighted by molar-refractivity contribution is 6.31. The Morgan fingerprint density at radius 1 is 0.760 bits per heavy atom. The molecule has 0 spiro atoms. The molecule has 0 saturated carbocycles. The molecule has 4 rings (SSSR count). The third-order valence-electron chi connectivity index (χ3n) is 4.66. The molecule has 0 radical (unpaired) electrons. The van der Waals surface area contributed by atoms with E-state index in [1.807, 2.05) is 44.4 Å². The van der Waals surface area contributed by atoms with Gasteiger partial charge in [0, 0.05) is 59.7 Å². The van der Waals surface area contributed by atoms with Gasteiger partial charge in [-0.25, -0.2) is 0 Å². The van der Waals surface area contributed by atoms with E-state index in [1.165, 1.54) is 0 Å². The molecule has 0 aromatic heterocycles. The highest BCUT2D eigenvalue weighted by Crippen LogP contribution is 2.49. The molecule has 0 aliphatic carbocycles. The largest absolute Gasteiger partial charge is 0.457 e. The van der Waals surface area contributed by atoms with Crippen LogP contribution in [-0.4, -0.2) is 14.1 Å². The van der Waals surface area contributed by atoms with Crippen LogP contribution >= 0.6 is 11.6 Å². The smallest absolute Gasteiger partial charge is 0.133 e. The van der Waals surface area contributed by atoms with Gasteiger partial charge in [-0.3, -0.25) is 0 Å². The normalized spacial score (nSPS) is 12.8. The van der Waals surface area contributed by atoms with Crippen LogP contribution in [0.4, 0.5) is 11.4 Å². The first kappa shape index (κ1) is 15.9. The van der Waals surface area contributed by atoms with Gasteiger partial charge in [-0.15, -0.1) is 0 Å². The first-order valence-corrected chi connectivity index (χ1v) is 8.64. The molecule has 1 heterocycles. The number of anilines is 2. The quantitative estimate of drug-likeness (QED) is 0.496. The second kappa shape index (κ2) is 6.34. The van der Waals surface area contributed by atoms with Crippen LogP contribution in [0.1, 0.15) is 22.6 Å². The lowest BCUT2D eigenvalue weighted by Crippen LogP contribution is -2.12. The van der Waals surface area contributed by atoms with Crippen LogP contribution in [0.15, 0.2) is 60.7 Å². The van der Waals surface area contributed by atoms with Crippen LogP contribution in [0.2, 0.25) is 5.02 Å². The highest BCUT2D eigenvalue weighted by Gasteiger charge is 2.30. The van der Waals surface area contributed by atoms with Gasteiger partial charge in [-0.2, -0.15) is 0 Å². The summed E-state index contributed by atoms with van der Waals surface area (Å²) in [4.78, 5) is 0. The van der Waals surface area contributed by atoms with Gasteiger partial charge in [0.1, 0.15) is 11.5 Å². The summed E-state index contributed by atoms with van der Waals surface area (Å²) < 4.78 is 6.23. The number of hydrogen-bond acceptors (Lipinski definition) is 3. The van der Waals surface area contributed by atoms with E-state index in [0.29, 0.717) is 0 Å². The van der Waals surface area contributed by atoms with Crippen molar-refractivity contribution in [3.05, 3.63) is 82.4 Å². The minimum absolute atomic E-state index is 0.0456. The fourth-order valence-corrected chi connectivity index (χ4v) is 3.61. The number of halogens is 1. The fraction of sp³-hybridized carbons (Fsp3) is 0.143. The van der Waals surface area contributed by atoms with E-state index in [1.54, 1.807) is 0 Å². The zero-order valence-corrected chi connectivity index (χ0v) is 14.9. The minimum Gasteiger partial charge on any atom is -0.457 e. The van der Waals surface area contributed by atoms with Crippen molar-refractivity contribution in [1.29, 1.82) is 0 Å². The van der Waals surface area contributed by atoms with Gasteiger partial charge in [-0.05, 0) is 23.8 Å². The summed E-state index contributed by atoms with van der Waals surface area (Å²) in [7, 11) is 3.81. The zero-order valence-electron chi connectivity index (χ0n) is 14.1. The Labute approximate surface area is 152 Å². The van der Waals surface area contributed by atoms with E-state index in [4.69, 9.17) is 16.3 Å². The molecule has 3 aromatic carbocycles. The third kappa shape index (κ3) is 2.71. The van der Waals surface area contributed by atoms with Gasteiger partial charge in [0.2, 0.25) is 0 Å². The summed E-state index contributed by atoms with van der Waals surface area (Å²) in [5.41, 5.74) is 5.37. The highest BCUT2D eigenvalue weighted by atomic mass is 35.5. The van der Waals surface area contributed by atoms with E-state index in [-0.39, 0.29) is 5.92 Å². The van der Waals surface area contributed by atoms with Crippen molar-refractivity contribution < 1.29 is 4.74 Å². The molecular formula is C21H19ClN2O. The second-order valence-electron chi connectivity index (χ2n) is 6.06. The maximum atomic E-state index is 6.54. The van der Waals surface area contributed by atoms with E-state index in [9.17, 15) is 0 Å². The number of nitrogens with one attached hydrogen (secondary N) is 2.